The third-order valence-corrected chi connectivity index (χ3v) is 5.70. The van der Waals surface area contributed by atoms with Gasteiger partial charge in [-0.15, -0.1) is 12.4 Å². The lowest BCUT2D eigenvalue weighted by Crippen LogP contribution is -2.49. The third kappa shape index (κ3) is 4.59. The van der Waals surface area contributed by atoms with Gasteiger partial charge in [-0.2, -0.15) is 0 Å². The highest BCUT2D eigenvalue weighted by atomic mass is 35.5. The van der Waals surface area contributed by atoms with Crippen LogP contribution in [0.25, 0.3) is 0 Å². The van der Waals surface area contributed by atoms with Gasteiger partial charge >= 0.3 is 5.97 Å². The molecule has 3 unspecified atom stereocenters. The van der Waals surface area contributed by atoms with Crippen LogP contribution in [0.4, 0.5) is 0 Å². The molecule has 3 atom stereocenters. The van der Waals surface area contributed by atoms with Crippen LogP contribution in [0.2, 0.25) is 0 Å². The minimum Gasteiger partial charge on any atom is -0.464 e. The maximum atomic E-state index is 12.2. The zero-order valence-corrected chi connectivity index (χ0v) is 13.8. The molecular formula is C17H30ClNO2. The van der Waals surface area contributed by atoms with Gasteiger partial charge in [-0.3, -0.25) is 4.79 Å². The molecule has 3 aliphatic rings. The van der Waals surface area contributed by atoms with E-state index < -0.39 is 0 Å². The van der Waals surface area contributed by atoms with E-state index in [9.17, 15) is 4.79 Å². The topological polar surface area (TPSA) is 38.3 Å². The highest BCUT2D eigenvalue weighted by Gasteiger charge is 2.35. The van der Waals surface area contributed by atoms with Crippen LogP contribution in [-0.4, -0.2) is 25.2 Å². The molecule has 1 N–H and O–H groups in total. The van der Waals surface area contributed by atoms with Crippen molar-refractivity contribution < 1.29 is 9.53 Å². The second-order valence-corrected chi connectivity index (χ2v) is 7.14. The number of carbonyl (C=O) groups is 1. The van der Waals surface area contributed by atoms with Gasteiger partial charge in [0.2, 0.25) is 0 Å². The van der Waals surface area contributed by atoms with Crippen molar-refractivity contribution in [3.8, 4) is 0 Å². The Morgan fingerprint density at radius 2 is 1.62 bits per heavy atom. The smallest absolute Gasteiger partial charge is 0.323 e. The number of ether oxygens (including phenoxy) is 1. The van der Waals surface area contributed by atoms with Gasteiger partial charge in [0.15, 0.2) is 0 Å². The van der Waals surface area contributed by atoms with Gasteiger partial charge < -0.3 is 10.1 Å². The van der Waals surface area contributed by atoms with Crippen molar-refractivity contribution in [2.45, 2.75) is 70.3 Å². The molecule has 3 rings (SSSR count). The van der Waals surface area contributed by atoms with Gasteiger partial charge in [0.25, 0.3) is 0 Å². The van der Waals surface area contributed by atoms with E-state index in [2.05, 4.69) is 5.32 Å². The maximum Gasteiger partial charge on any atom is 0.323 e. The summed E-state index contributed by atoms with van der Waals surface area (Å²) in [5, 5.41) is 3.43. The SMILES string of the molecule is Cl.O=C(OCC1CCCCC1)C1CC2CCCCC2CN1. The molecule has 0 aromatic heterocycles. The molecule has 0 amide bonds. The Labute approximate surface area is 135 Å². The van der Waals surface area contributed by atoms with Crippen molar-refractivity contribution in [3.63, 3.8) is 0 Å². The molecule has 0 spiro atoms. The molecule has 2 aliphatic carbocycles. The summed E-state index contributed by atoms with van der Waals surface area (Å²) in [7, 11) is 0. The van der Waals surface area contributed by atoms with Crippen LogP contribution in [0.3, 0.4) is 0 Å². The maximum absolute atomic E-state index is 12.2. The summed E-state index contributed by atoms with van der Waals surface area (Å²) in [5.74, 6) is 2.21. The molecule has 0 radical (unpaired) electrons. The van der Waals surface area contributed by atoms with Crippen LogP contribution >= 0.6 is 12.4 Å². The molecule has 3 fully saturated rings. The molecule has 122 valence electrons. The van der Waals surface area contributed by atoms with E-state index in [1.54, 1.807) is 0 Å². The molecule has 2 saturated carbocycles. The van der Waals surface area contributed by atoms with Crippen LogP contribution in [-0.2, 0) is 9.53 Å². The Morgan fingerprint density at radius 1 is 0.952 bits per heavy atom. The molecule has 1 heterocycles. The molecule has 0 aromatic carbocycles. The number of piperidine rings is 1. The Morgan fingerprint density at radius 3 is 2.38 bits per heavy atom. The second-order valence-electron chi connectivity index (χ2n) is 7.14. The second kappa shape index (κ2) is 8.38. The first kappa shape index (κ1) is 17.1. The minimum atomic E-state index is -0.0297. The number of halogens is 1. The third-order valence-electron chi connectivity index (χ3n) is 5.70. The first-order valence-corrected chi connectivity index (χ1v) is 8.73. The fraction of sp³-hybridized carbons (Fsp3) is 0.941. The molecule has 3 nitrogen and oxygen atoms in total. The van der Waals surface area contributed by atoms with Gasteiger partial charge in [0.05, 0.1) is 6.61 Å². The Balaban J connectivity index is 0.00000161. The highest BCUT2D eigenvalue weighted by Crippen LogP contribution is 2.35. The van der Waals surface area contributed by atoms with Crippen molar-refractivity contribution in [2.75, 3.05) is 13.2 Å². The summed E-state index contributed by atoms with van der Waals surface area (Å²) in [6.45, 7) is 1.68. The van der Waals surface area contributed by atoms with Crippen LogP contribution < -0.4 is 5.32 Å². The summed E-state index contributed by atoms with van der Waals surface area (Å²) >= 11 is 0. The van der Waals surface area contributed by atoms with E-state index in [0.29, 0.717) is 12.5 Å². The minimum absolute atomic E-state index is 0. The number of hydrogen-bond acceptors (Lipinski definition) is 3. The average Bonchev–Trinajstić information content (AvgIpc) is 2.53. The Bertz CT molecular complexity index is 331. The van der Waals surface area contributed by atoms with Crippen molar-refractivity contribution in [3.05, 3.63) is 0 Å². The van der Waals surface area contributed by atoms with E-state index in [4.69, 9.17) is 4.74 Å². The number of hydrogen-bond donors (Lipinski definition) is 1. The normalized spacial score (nSPS) is 33.6. The van der Waals surface area contributed by atoms with Gasteiger partial charge in [0, 0.05) is 0 Å². The van der Waals surface area contributed by atoms with Gasteiger partial charge in [0.1, 0.15) is 6.04 Å². The van der Waals surface area contributed by atoms with Crippen molar-refractivity contribution in [1.29, 1.82) is 0 Å². The van der Waals surface area contributed by atoms with Gasteiger partial charge in [-0.25, -0.2) is 0 Å². The average molecular weight is 316 g/mol. The first-order chi connectivity index (χ1) is 9.83. The lowest BCUT2D eigenvalue weighted by atomic mass is 9.74. The quantitative estimate of drug-likeness (QED) is 0.807. The zero-order chi connectivity index (χ0) is 13.8. The van der Waals surface area contributed by atoms with Gasteiger partial charge in [-0.05, 0) is 50.0 Å². The largest absolute Gasteiger partial charge is 0.464 e. The Kier molecular flexibility index (Phi) is 6.81. The van der Waals surface area contributed by atoms with Crippen LogP contribution in [0, 0.1) is 17.8 Å². The summed E-state index contributed by atoms with van der Waals surface area (Å²) in [5.41, 5.74) is 0. The van der Waals surface area contributed by atoms with Crippen molar-refractivity contribution >= 4 is 18.4 Å². The number of carbonyl (C=O) groups excluding carboxylic acids is 1. The lowest BCUT2D eigenvalue weighted by molar-refractivity contribution is -0.149. The highest BCUT2D eigenvalue weighted by molar-refractivity contribution is 5.85. The molecule has 4 heteroatoms. The van der Waals surface area contributed by atoms with Crippen molar-refractivity contribution in [2.24, 2.45) is 17.8 Å². The molecule has 21 heavy (non-hydrogen) atoms. The summed E-state index contributed by atoms with van der Waals surface area (Å²) in [6, 6.07) is -0.0297. The predicted molar refractivity (Wildman–Crippen MR) is 86.6 cm³/mol. The summed E-state index contributed by atoms with van der Waals surface area (Å²) in [4.78, 5) is 12.2. The van der Waals surface area contributed by atoms with Gasteiger partial charge in [-0.1, -0.05) is 38.5 Å². The number of nitrogens with one attached hydrogen (secondary N) is 1. The molecule has 1 aliphatic heterocycles. The molecular weight excluding hydrogens is 286 g/mol. The summed E-state index contributed by atoms with van der Waals surface area (Å²) < 4.78 is 5.60. The number of esters is 1. The number of rotatable bonds is 3. The molecule has 1 saturated heterocycles. The van der Waals surface area contributed by atoms with Crippen LogP contribution in [0.1, 0.15) is 64.2 Å². The first-order valence-electron chi connectivity index (χ1n) is 8.73. The van der Waals surface area contributed by atoms with Crippen LogP contribution in [0.15, 0.2) is 0 Å². The predicted octanol–water partition coefficient (Wildman–Crippen LogP) is 3.70. The monoisotopic (exact) mass is 315 g/mol. The fourth-order valence-electron chi connectivity index (χ4n) is 4.38. The van der Waals surface area contributed by atoms with Crippen LogP contribution in [0.5, 0.6) is 0 Å². The summed E-state index contributed by atoms with van der Waals surface area (Å²) in [6.07, 6.45) is 12.9. The van der Waals surface area contributed by atoms with Crippen molar-refractivity contribution in [1.82, 2.24) is 5.32 Å². The van der Waals surface area contributed by atoms with E-state index in [0.717, 1.165) is 24.8 Å². The zero-order valence-electron chi connectivity index (χ0n) is 13.0. The standard InChI is InChI=1S/C17H29NO2.ClH/c19-17(20-12-13-6-2-1-3-7-13)16-10-14-8-4-5-9-15(14)11-18-16;/h13-16,18H,1-12H2;1H. The van der Waals surface area contributed by atoms with E-state index in [1.807, 2.05) is 0 Å². The van der Waals surface area contributed by atoms with E-state index >= 15 is 0 Å². The van der Waals surface area contributed by atoms with E-state index in [-0.39, 0.29) is 24.4 Å². The molecule has 0 aromatic rings. The molecule has 0 bridgehead atoms. The fourth-order valence-corrected chi connectivity index (χ4v) is 4.38. The Hall–Kier alpha value is -0.280. The number of fused-ring (bicyclic) bond motifs is 1. The lowest BCUT2D eigenvalue weighted by Gasteiger charge is -2.39. The van der Waals surface area contributed by atoms with E-state index in [1.165, 1.54) is 57.8 Å².